The minimum absolute atomic E-state index is 0.855. The third-order valence-corrected chi connectivity index (χ3v) is 0.808. The predicted molar refractivity (Wildman–Crippen MR) is 36.7 cm³/mol. The molecular formula is C6H17NO. The van der Waals surface area contributed by atoms with Gasteiger partial charge in [-0.05, 0) is 13.0 Å². The van der Waals surface area contributed by atoms with Crippen molar-refractivity contribution in [2.45, 2.75) is 26.2 Å². The van der Waals surface area contributed by atoms with Gasteiger partial charge in [0.15, 0.2) is 0 Å². The second kappa shape index (κ2) is 15.8. The van der Waals surface area contributed by atoms with Gasteiger partial charge in [-0.3, -0.25) is 0 Å². The monoisotopic (exact) mass is 119 g/mol. The first-order valence-electron chi connectivity index (χ1n) is 3.06. The first-order chi connectivity index (χ1) is 3.91. The van der Waals surface area contributed by atoms with Crippen molar-refractivity contribution >= 4 is 0 Å². The third-order valence-electron chi connectivity index (χ3n) is 0.808. The van der Waals surface area contributed by atoms with Crippen LogP contribution in [0.5, 0.6) is 0 Å². The lowest BCUT2D eigenvalue weighted by Gasteiger charge is -1.86. The molecule has 0 aromatic heterocycles. The lowest BCUT2D eigenvalue weighted by Crippen LogP contribution is -1.96. The SMILES string of the molecule is CCCCCN.CO. The van der Waals surface area contributed by atoms with Gasteiger partial charge in [0.05, 0.1) is 0 Å². The van der Waals surface area contributed by atoms with Crippen molar-refractivity contribution in [3.8, 4) is 0 Å². The van der Waals surface area contributed by atoms with Gasteiger partial charge in [0.1, 0.15) is 0 Å². The van der Waals surface area contributed by atoms with Crippen LogP contribution in [0.1, 0.15) is 26.2 Å². The predicted octanol–water partition coefficient (Wildman–Crippen LogP) is 0.744. The summed E-state index contributed by atoms with van der Waals surface area (Å²) in [5, 5.41) is 7.00. The Morgan fingerprint density at radius 3 is 1.88 bits per heavy atom. The highest BCUT2D eigenvalue weighted by molar-refractivity contribution is 4.34. The van der Waals surface area contributed by atoms with Crippen LogP contribution in [0.4, 0.5) is 0 Å². The van der Waals surface area contributed by atoms with Crippen molar-refractivity contribution in [3.63, 3.8) is 0 Å². The second-order valence-corrected chi connectivity index (χ2v) is 1.50. The molecule has 0 amide bonds. The van der Waals surface area contributed by atoms with E-state index in [0.29, 0.717) is 0 Å². The van der Waals surface area contributed by atoms with Gasteiger partial charge in [-0.1, -0.05) is 19.8 Å². The van der Waals surface area contributed by atoms with Gasteiger partial charge in [0, 0.05) is 7.11 Å². The van der Waals surface area contributed by atoms with E-state index < -0.39 is 0 Å². The highest BCUT2D eigenvalue weighted by Gasteiger charge is 1.75. The zero-order valence-corrected chi connectivity index (χ0v) is 5.85. The molecule has 0 unspecified atom stereocenters. The molecular weight excluding hydrogens is 102 g/mol. The summed E-state index contributed by atoms with van der Waals surface area (Å²) >= 11 is 0. The van der Waals surface area contributed by atoms with Crippen molar-refractivity contribution in [1.29, 1.82) is 0 Å². The summed E-state index contributed by atoms with van der Waals surface area (Å²) < 4.78 is 0. The Morgan fingerprint density at radius 1 is 1.25 bits per heavy atom. The van der Waals surface area contributed by atoms with Crippen LogP contribution in [0, 0.1) is 0 Å². The maximum Gasteiger partial charge on any atom is 0.0319 e. The average Bonchev–Trinajstić information content (AvgIpc) is 1.88. The van der Waals surface area contributed by atoms with Crippen molar-refractivity contribution in [3.05, 3.63) is 0 Å². The van der Waals surface area contributed by atoms with Crippen molar-refractivity contribution in [1.82, 2.24) is 0 Å². The molecule has 0 saturated carbocycles. The Kier molecular flexibility index (Phi) is 21.3. The Hall–Kier alpha value is -0.0800. The summed E-state index contributed by atoms with van der Waals surface area (Å²) in [6, 6.07) is 0. The largest absolute Gasteiger partial charge is 0.400 e. The minimum atomic E-state index is 0.855. The number of hydrogen-bond donors (Lipinski definition) is 2. The van der Waals surface area contributed by atoms with Crippen LogP contribution >= 0.6 is 0 Å². The summed E-state index contributed by atoms with van der Waals surface area (Å²) in [5.74, 6) is 0. The fourth-order valence-electron chi connectivity index (χ4n) is 0.394. The maximum absolute atomic E-state index is 7.00. The van der Waals surface area contributed by atoms with Crippen molar-refractivity contribution < 1.29 is 5.11 Å². The van der Waals surface area contributed by atoms with Gasteiger partial charge >= 0.3 is 0 Å². The molecule has 2 heteroatoms. The molecule has 0 aliphatic carbocycles. The van der Waals surface area contributed by atoms with Gasteiger partial charge in [-0.2, -0.15) is 0 Å². The molecule has 0 rings (SSSR count). The van der Waals surface area contributed by atoms with Crippen LogP contribution in [0.2, 0.25) is 0 Å². The summed E-state index contributed by atoms with van der Waals surface area (Å²) in [4.78, 5) is 0. The quantitative estimate of drug-likeness (QED) is 0.538. The van der Waals surface area contributed by atoms with E-state index in [1.165, 1.54) is 19.3 Å². The van der Waals surface area contributed by atoms with Gasteiger partial charge in [0.25, 0.3) is 0 Å². The fourth-order valence-corrected chi connectivity index (χ4v) is 0.394. The van der Waals surface area contributed by atoms with E-state index in [2.05, 4.69) is 6.92 Å². The second-order valence-electron chi connectivity index (χ2n) is 1.50. The molecule has 0 aliphatic rings. The Morgan fingerprint density at radius 2 is 1.75 bits per heavy atom. The molecule has 0 radical (unpaired) electrons. The first kappa shape index (κ1) is 10.8. The molecule has 52 valence electrons. The van der Waals surface area contributed by atoms with Gasteiger partial charge in [-0.15, -0.1) is 0 Å². The van der Waals surface area contributed by atoms with E-state index >= 15 is 0 Å². The van der Waals surface area contributed by atoms with Crippen LogP contribution in [0.15, 0.2) is 0 Å². The highest BCUT2D eigenvalue weighted by atomic mass is 16.2. The highest BCUT2D eigenvalue weighted by Crippen LogP contribution is 1.88. The first-order valence-corrected chi connectivity index (χ1v) is 3.06. The summed E-state index contributed by atoms with van der Waals surface area (Å²) in [5.41, 5.74) is 5.21. The van der Waals surface area contributed by atoms with Crippen LogP contribution in [0.25, 0.3) is 0 Å². The van der Waals surface area contributed by atoms with Gasteiger partial charge < -0.3 is 10.8 Å². The summed E-state index contributed by atoms with van der Waals surface area (Å²) in [6.45, 7) is 3.03. The number of rotatable bonds is 3. The topological polar surface area (TPSA) is 46.2 Å². The smallest absolute Gasteiger partial charge is 0.0319 e. The van der Waals surface area contributed by atoms with Crippen LogP contribution in [-0.4, -0.2) is 18.8 Å². The summed E-state index contributed by atoms with van der Waals surface area (Å²) in [7, 11) is 1.00. The lowest BCUT2D eigenvalue weighted by atomic mass is 10.3. The fraction of sp³-hybridized carbons (Fsp3) is 1.00. The van der Waals surface area contributed by atoms with E-state index in [1.54, 1.807) is 0 Å². The molecule has 8 heavy (non-hydrogen) atoms. The van der Waals surface area contributed by atoms with E-state index in [-0.39, 0.29) is 0 Å². The molecule has 0 heterocycles. The number of nitrogens with two attached hydrogens (primary N) is 1. The third kappa shape index (κ3) is 16.8. The van der Waals surface area contributed by atoms with Gasteiger partial charge in [0.2, 0.25) is 0 Å². The number of aliphatic hydroxyl groups is 1. The zero-order valence-electron chi connectivity index (χ0n) is 5.85. The van der Waals surface area contributed by atoms with E-state index in [0.717, 1.165) is 13.7 Å². The number of unbranched alkanes of at least 4 members (excludes halogenated alkanes) is 2. The minimum Gasteiger partial charge on any atom is -0.400 e. The van der Waals surface area contributed by atoms with E-state index in [9.17, 15) is 0 Å². The average molecular weight is 119 g/mol. The zero-order chi connectivity index (χ0) is 6.83. The van der Waals surface area contributed by atoms with Crippen LogP contribution in [-0.2, 0) is 0 Å². The maximum atomic E-state index is 7.00. The molecule has 3 N–H and O–H groups in total. The molecule has 0 aliphatic heterocycles. The molecule has 2 nitrogen and oxygen atoms in total. The van der Waals surface area contributed by atoms with Crippen molar-refractivity contribution in [2.24, 2.45) is 5.73 Å². The van der Waals surface area contributed by atoms with Crippen LogP contribution < -0.4 is 5.73 Å². The molecule has 0 spiro atoms. The van der Waals surface area contributed by atoms with Gasteiger partial charge in [-0.25, -0.2) is 0 Å². The molecule has 0 atom stereocenters. The Balaban J connectivity index is 0. The number of hydrogen-bond acceptors (Lipinski definition) is 2. The number of aliphatic hydroxyl groups excluding tert-OH is 1. The van der Waals surface area contributed by atoms with Crippen LogP contribution in [0.3, 0.4) is 0 Å². The lowest BCUT2D eigenvalue weighted by molar-refractivity contribution is 0.399. The molecule has 0 aromatic rings. The normalized spacial score (nSPS) is 7.50. The molecule has 0 aromatic carbocycles. The van der Waals surface area contributed by atoms with E-state index in [4.69, 9.17) is 10.8 Å². The standard InChI is InChI=1S/C5H13N.CH4O/c1-2-3-4-5-6;1-2/h2-6H2,1H3;2H,1H3. The molecule has 0 saturated heterocycles. The molecule has 0 bridgehead atoms. The Bertz CT molecular complexity index is 20.5. The molecule has 0 fully saturated rings. The Labute approximate surface area is 51.7 Å². The van der Waals surface area contributed by atoms with E-state index in [1.807, 2.05) is 0 Å². The van der Waals surface area contributed by atoms with Crippen molar-refractivity contribution in [2.75, 3.05) is 13.7 Å². The summed E-state index contributed by atoms with van der Waals surface area (Å²) in [6.07, 6.45) is 3.75.